The van der Waals surface area contributed by atoms with Gasteiger partial charge in [0.2, 0.25) is 0 Å². The fraction of sp³-hybridized carbons (Fsp3) is 0.667. The average Bonchev–Trinajstić information content (AvgIpc) is 2.40. The quantitative estimate of drug-likeness (QED) is 0.861. The first-order chi connectivity index (χ1) is 9.15. The van der Waals surface area contributed by atoms with Crippen molar-refractivity contribution >= 4 is 0 Å². The van der Waals surface area contributed by atoms with Crippen molar-refractivity contribution in [3.05, 3.63) is 30.1 Å². The number of β-amino-alcohol motifs (C(OH)–C–C–N with tert-alkyl or cyclic N) is 1. The standard InChI is InChI=1S/C15H25N3O/c1-13-11-17(9-10-18(13)12-14(2)19)8-5-15-3-6-16-7-4-15/h3-4,6-7,13-14,19H,5,8-12H2,1-2H3/t13-,14-/m0/s1. The molecule has 0 aliphatic carbocycles. The van der Waals surface area contributed by atoms with Crippen molar-refractivity contribution in [2.45, 2.75) is 32.4 Å². The van der Waals surface area contributed by atoms with Gasteiger partial charge in [0, 0.05) is 51.2 Å². The highest BCUT2D eigenvalue weighted by Crippen LogP contribution is 2.11. The van der Waals surface area contributed by atoms with Crippen LogP contribution in [0.25, 0.3) is 0 Å². The van der Waals surface area contributed by atoms with Crippen molar-refractivity contribution < 1.29 is 5.11 Å². The van der Waals surface area contributed by atoms with Crippen LogP contribution in [-0.2, 0) is 6.42 Å². The zero-order valence-corrected chi connectivity index (χ0v) is 12.0. The first kappa shape index (κ1) is 14.4. The number of aliphatic hydroxyl groups is 1. The highest BCUT2D eigenvalue weighted by Gasteiger charge is 2.23. The van der Waals surface area contributed by atoms with Gasteiger partial charge in [0.25, 0.3) is 0 Å². The maximum absolute atomic E-state index is 9.48. The molecule has 2 heterocycles. The van der Waals surface area contributed by atoms with E-state index in [1.165, 1.54) is 5.56 Å². The highest BCUT2D eigenvalue weighted by atomic mass is 16.3. The topological polar surface area (TPSA) is 39.6 Å². The molecule has 1 N–H and O–H groups in total. The minimum atomic E-state index is -0.231. The summed E-state index contributed by atoms with van der Waals surface area (Å²) in [7, 11) is 0. The third kappa shape index (κ3) is 4.56. The Hall–Kier alpha value is -0.970. The van der Waals surface area contributed by atoms with Crippen LogP contribution in [0.2, 0.25) is 0 Å². The maximum Gasteiger partial charge on any atom is 0.0639 e. The number of nitrogens with zero attached hydrogens (tertiary/aromatic N) is 3. The number of hydrogen-bond donors (Lipinski definition) is 1. The van der Waals surface area contributed by atoms with Crippen molar-refractivity contribution in [2.24, 2.45) is 0 Å². The van der Waals surface area contributed by atoms with Gasteiger partial charge in [-0.05, 0) is 38.0 Å². The molecule has 4 nitrogen and oxygen atoms in total. The van der Waals surface area contributed by atoms with E-state index in [4.69, 9.17) is 0 Å². The van der Waals surface area contributed by atoms with E-state index in [1.807, 2.05) is 19.3 Å². The van der Waals surface area contributed by atoms with Gasteiger partial charge in [-0.1, -0.05) is 0 Å². The third-order valence-corrected chi connectivity index (χ3v) is 3.81. The van der Waals surface area contributed by atoms with Crippen LogP contribution >= 0.6 is 0 Å². The van der Waals surface area contributed by atoms with E-state index < -0.39 is 0 Å². The molecule has 4 heteroatoms. The van der Waals surface area contributed by atoms with E-state index in [9.17, 15) is 5.11 Å². The zero-order chi connectivity index (χ0) is 13.7. The summed E-state index contributed by atoms with van der Waals surface area (Å²) in [6, 6.07) is 4.71. The van der Waals surface area contributed by atoms with Crippen LogP contribution in [-0.4, -0.2) is 64.8 Å². The second kappa shape index (κ2) is 6.98. The summed E-state index contributed by atoms with van der Waals surface area (Å²) >= 11 is 0. The number of rotatable bonds is 5. The van der Waals surface area contributed by atoms with Gasteiger partial charge in [0.15, 0.2) is 0 Å². The number of piperazine rings is 1. The van der Waals surface area contributed by atoms with Crippen molar-refractivity contribution in [1.29, 1.82) is 0 Å². The summed E-state index contributed by atoms with van der Waals surface area (Å²) in [4.78, 5) is 8.95. The van der Waals surface area contributed by atoms with Gasteiger partial charge in [-0.25, -0.2) is 0 Å². The average molecular weight is 263 g/mol. The molecule has 0 unspecified atom stereocenters. The van der Waals surface area contributed by atoms with Crippen molar-refractivity contribution in [3.63, 3.8) is 0 Å². The van der Waals surface area contributed by atoms with E-state index in [2.05, 4.69) is 33.8 Å². The Balaban J connectivity index is 1.76. The van der Waals surface area contributed by atoms with Crippen molar-refractivity contribution in [1.82, 2.24) is 14.8 Å². The summed E-state index contributed by atoms with van der Waals surface area (Å²) in [5.74, 6) is 0. The monoisotopic (exact) mass is 263 g/mol. The summed E-state index contributed by atoms with van der Waals surface area (Å²) in [6.07, 6.45) is 4.58. The molecule has 2 atom stereocenters. The molecule has 1 fully saturated rings. The summed E-state index contributed by atoms with van der Waals surface area (Å²) in [5, 5.41) is 9.48. The predicted octanol–water partition coefficient (Wildman–Crippen LogP) is 1.01. The van der Waals surface area contributed by atoms with E-state index in [1.54, 1.807) is 0 Å². The van der Waals surface area contributed by atoms with Crippen LogP contribution in [0, 0.1) is 0 Å². The first-order valence-corrected chi connectivity index (χ1v) is 7.18. The lowest BCUT2D eigenvalue weighted by Crippen LogP contribution is -2.53. The van der Waals surface area contributed by atoms with E-state index in [0.717, 1.165) is 39.1 Å². The number of aliphatic hydroxyl groups excluding tert-OH is 1. The van der Waals surface area contributed by atoms with Crippen LogP contribution in [0.15, 0.2) is 24.5 Å². The van der Waals surface area contributed by atoms with Crippen molar-refractivity contribution in [2.75, 3.05) is 32.7 Å². The molecule has 1 aliphatic rings. The van der Waals surface area contributed by atoms with Gasteiger partial charge in [0.1, 0.15) is 0 Å². The number of hydrogen-bond acceptors (Lipinski definition) is 4. The largest absolute Gasteiger partial charge is 0.392 e. The maximum atomic E-state index is 9.48. The molecule has 2 rings (SSSR count). The number of aromatic nitrogens is 1. The lowest BCUT2D eigenvalue weighted by Gasteiger charge is -2.40. The van der Waals surface area contributed by atoms with Crippen LogP contribution in [0.4, 0.5) is 0 Å². The Bertz CT molecular complexity index is 369. The Morgan fingerprint density at radius 3 is 2.74 bits per heavy atom. The zero-order valence-electron chi connectivity index (χ0n) is 12.0. The summed E-state index contributed by atoms with van der Waals surface area (Å²) < 4.78 is 0. The molecule has 0 amide bonds. The van der Waals surface area contributed by atoms with Crippen molar-refractivity contribution in [3.8, 4) is 0 Å². The molecule has 0 spiro atoms. The molecule has 1 saturated heterocycles. The summed E-state index contributed by atoms with van der Waals surface area (Å²) in [5.41, 5.74) is 1.36. The minimum Gasteiger partial charge on any atom is -0.392 e. The summed E-state index contributed by atoms with van der Waals surface area (Å²) in [6.45, 7) is 9.27. The molecule has 0 saturated carbocycles. The molecule has 0 aromatic carbocycles. The second-order valence-electron chi connectivity index (χ2n) is 5.60. The molecule has 1 aliphatic heterocycles. The molecule has 1 aromatic heterocycles. The predicted molar refractivity (Wildman–Crippen MR) is 77.1 cm³/mol. The smallest absolute Gasteiger partial charge is 0.0639 e. The van der Waals surface area contributed by atoms with Crippen LogP contribution in [0.5, 0.6) is 0 Å². The van der Waals surface area contributed by atoms with E-state index in [-0.39, 0.29) is 6.10 Å². The van der Waals surface area contributed by atoms with Gasteiger partial charge in [-0.3, -0.25) is 9.88 Å². The van der Waals surface area contributed by atoms with E-state index in [0.29, 0.717) is 6.04 Å². The Morgan fingerprint density at radius 1 is 1.37 bits per heavy atom. The van der Waals surface area contributed by atoms with Crippen LogP contribution in [0.1, 0.15) is 19.4 Å². The minimum absolute atomic E-state index is 0.231. The first-order valence-electron chi connectivity index (χ1n) is 7.18. The van der Waals surface area contributed by atoms with Crippen LogP contribution in [0.3, 0.4) is 0 Å². The van der Waals surface area contributed by atoms with Gasteiger partial charge in [-0.15, -0.1) is 0 Å². The van der Waals surface area contributed by atoms with Gasteiger partial charge in [0.05, 0.1) is 6.10 Å². The van der Waals surface area contributed by atoms with E-state index >= 15 is 0 Å². The fourth-order valence-electron chi connectivity index (χ4n) is 2.72. The molecular formula is C15H25N3O. The second-order valence-corrected chi connectivity index (χ2v) is 5.60. The molecule has 0 radical (unpaired) electrons. The third-order valence-electron chi connectivity index (χ3n) is 3.81. The van der Waals surface area contributed by atoms with Gasteiger partial charge < -0.3 is 10.0 Å². The Labute approximate surface area is 116 Å². The number of pyridine rings is 1. The Morgan fingerprint density at radius 2 is 2.11 bits per heavy atom. The molecule has 106 valence electrons. The normalized spacial score (nSPS) is 23.4. The molecule has 19 heavy (non-hydrogen) atoms. The SMILES string of the molecule is C[C@H](O)CN1CCN(CCc2ccncc2)C[C@@H]1C. The Kier molecular flexibility index (Phi) is 5.31. The van der Waals surface area contributed by atoms with Gasteiger partial charge >= 0.3 is 0 Å². The lowest BCUT2D eigenvalue weighted by molar-refractivity contribution is 0.0456. The molecule has 0 bridgehead atoms. The molecular weight excluding hydrogens is 238 g/mol. The van der Waals surface area contributed by atoms with Gasteiger partial charge in [-0.2, -0.15) is 0 Å². The van der Waals surface area contributed by atoms with Crippen LogP contribution < -0.4 is 0 Å². The molecule has 1 aromatic rings. The fourth-order valence-corrected chi connectivity index (χ4v) is 2.72. The highest BCUT2D eigenvalue weighted by molar-refractivity contribution is 5.10. The lowest BCUT2D eigenvalue weighted by atomic mass is 10.1.